The number of aryl methyl sites for hydroxylation is 2. The van der Waals surface area contributed by atoms with Crippen molar-refractivity contribution in [3.63, 3.8) is 0 Å². The third kappa shape index (κ3) is 5.68. The molecular formula is C24H29N5O3S2. The fourth-order valence-electron chi connectivity index (χ4n) is 3.81. The Labute approximate surface area is 204 Å². The monoisotopic (exact) mass is 499 g/mol. The van der Waals surface area contributed by atoms with Gasteiger partial charge < -0.3 is 5.32 Å². The highest BCUT2D eigenvalue weighted by Crippen LogP contribution is 2.26. The third-order valence-corrected chi connectivity index (χ3v) is 8.61. The van der Waals surface area contributed by atoms with E-state index in [1.54, 1.807) is 18.2 Å². The van der Waals surface area contributed by atoms with Crippen molar-refractivity contribution in [3.05, 3.63) is 53.6 Å². The second kappa shape index (κ2) is 10.7. The number of nitrogens with zero attached hydrogens (tertiary/aromatic N) is 3. The maximum absolute atomic E-state index is 13.0. The predicted molar refractivity (Wildman–Crippen MR) is 134 cm³/mol. The van der Waals surface area contributed by atoms with Crippen molar-refractivity contribution in [1.82, 2.24) is 19.5 Å². The molecule has 1 amide bonds. The second-order valence-corrected chi connectivity index (χ2v) is 11.2. The number of hydrogen-bond acceptors (Lipinski definition) is 6. The molecule has 1 aromatic heterocycles. The van der Waals surface area contributed by atoms with Gasteiger partial charge in [0.15, 0.2) is 5.82 Å². The topological polar surface area (TPSA) is 108 Å². The van der Waals surface area contributed by atoms with Crippen LogP contribution in [0, 0.1) is 6.92 Å². The Hall–Kier alpha value is -2.69. The first-order valence-corrected chi connectivity index (χ1v) is 13.8. The SMILES string of the molecule is CCc1ccc(-c2nc(SCC(=O)Nc3cc(S(=O)(=O)N4CCCCC4)ccc3C)n[nH]2)cc1. The van der Waals surface area contributed by atoms with E-state index in [1.165, 1.54) is 21.6 Å². The van der Waals surface area contributed by atoms with Crippen LogP contribution in [-0.4, -0.2) is 52.7 Å². The van der Waals surface area contributed by atoms with Gasteiger partial charge in [-0.25, -0.2) is 13.4 Å². The Bertz CT molecular complexity index is 1250. The van der Waals surface area contributed by atoms with Crippen molar-refractivity contribution in [2.75, 3.05) is 24.2 Å². The Morgan fingerprint density at radius 2 is 1.85 bits per heavy atom. The van der Waals surface area contributed by atoms with Gasteiger partial charge in [0.2, 0.25) is 21.1 Å². The molecule has 1 fully saturated rings. The van der Waals surface area contributed by atoms with Crippen LogP contribution in [0.4, 0.5) is 5.69 Å². The van der Waals surface area contributed by atoms with E-state index >= 15 is 0 Å². The summed E-state index contributed by atoms with van der Waals surface area (Å²) in [6.45, 7) is 5.02. The first kappa shape index (κ1) is 24.4. The molecule has 1 saturated heterocycles. The van der Waals surface area contributed by atoms with E-state index in [0.29, 0.717) is 29.8 Å². The summed E-state index contributed by atoms with van der Waals surface area (Å²) in [5.41, 5.74) is 3.48. The number of piperidine rings is 1. The zero-order chi connectivity index (χ0) is 24.1. The van der Waals surface area contributed by atoms with Gasteiger partial charge in [-0.05, 0) is 49.4 Å². The zero-order valence-corrected chi connectivity index (χ0v) is 21.0. The van der Waals surface area contributed by atoms with Gasteiger partial charge in [-0.15, -0.1) is 5.10 Å². The molecule has 1 aliphatic rings. The molecule has 1 aliphatic heterocycles. The van der Waals surface area contributed by atoms with E-state index in [0.717, 1.165) is 36.8 Å². The van der Waals surface area contributed by atoms with Crippen LogP contribution in [0.25, 0.3) is 11.4 Å². The van der Waals surface area contributed by atoms with E-state index < -0.39 is 10.0 Å². The Morgan fingerprint density at radius 3 is 2.56 bits per heavy atom. The lowest BCUT2D eigenvalue weighted by Gasteiger charge is -2.26. The molecule has 2 aromatic carbocycles. The van der Waals surface area contributed by atoms with Crippen molar-refractivity contribution in [1.29, 1.82) is 0 Å². The van der Waals surface area contributed by atoms with Crippen LogP contribution in [-0.2, 0) is 21.2 Å². The molecule has 0 atom stereocenters. The van der Waals surface area contributed by atoms with Gasteiger partial charge in [0, 0.05) is 24.3 Å². The molecule has 0 unspecified atom stereocenters. The number of anilines is 1. The molecule has 0 spiro atoms. The summed E-state index contributed by atoms with van der Waals surface area (Å²) in [6.07, 6.45) is 3.77. The highest BCUT2D eigenvalue weighted by atomic mass is 32.2. The quantitative estimate of drug-likeness (QED) is 0.449. The molecule has 34 heavy (non-hydrogen) atoms. The van der Waals surface area contributed by atoms with Gasteiger partial charge in [0.25, 0.3) is 0 Å². The van der Waals surface area contributed by atoms with E-state index in [4.69, 9.17) is 0 Å². The largest absolute Gasteiger partial charge is 0.325 e. The molecule has 4 rings (SSSR count). The normalized spacial score (nSPS) is 14.8. The van der Waals surface area contributed by atoms with Crippen LogP contribution < -0.4 is 5.32 Å². The summed E-state index contributed by atoms with van der Waals surface area (Å²) in [7, 11) is -3.57. The number of aromatic nitrogens is 3. The summed E-state index contributed by atoms with van der Waals surface area (Å²) in [6, 6.07) is 13.0. The van der Waals surface area contributed by atoms with E-state index in [1.807, 2.05) is 19.1 Å². The first-order chi connectivity index (χ1) is 16.4. The Kier molecular flexibility index (Phi) is 7.70. The molecule has 8 nitrogen and oxygen atoms in total. The molecule has 180 valence electrons. The summed E-state index contributed by atoms with van der Waals surface area (Å²) >= 11 is 1.22. The highest BCUT2D eigenvalue weighted by Gasteiger charge is 2.26. The van der Waals surface area contributed by atoms with Gasteiger partial charge >= 0.3 is 0 Å². The van der Waals surface area contributed by atoms with Gasteiger partial charge in [-0.1, -0.05) is 55.4 Å². The summed E-state index contributed by atoms with van der Waals surface area (Å²) in [5.74, 6) is 0.505. The lowest BCUT2D eigenvalue weighted by Crippen LogP contribution is -2.35. The minimum Gasteiger partial charge on any atom is -0.325 e. The minimum atomic E-state index is -3.57. The van der Waals surface area contributed by atoms with Gasteiger partial charge in [-0.2, -0.15) is 4.31 Å². The molecule has 0 bridgehead atoms. The fraction of sp³-hybridized carbons (Fsp3) is 0.375. The van der Waals surface area contributed by atoms with E-state index in [9.17, 15) is 13.2 Å². The van der Waals surface area contributed by atoms with Crippen LogP contribution in [0.3, 0.4) is 0 Å². The molecule has 0 saturated carbocycles. The Morgan fingerprint density at radius 1 is 1.12 bits per heavy atom. The van der Waals surface area contributed by atoms with Crippen LogP contribution in [0.5, 0.6) is 0 Å². The summed E-state index contributed by atoms with van der Waals surface area (Å²) < 4.78 is 27.5. The zero-order valence-electron chi connectivity index (χ0n) is 19.4. The van der Waals surface area contributed by atoms with Gasteiger partial charge in [0.1, 0.15) is 0 Å². The number of carbonyl (C=O) groups excluding carboxylic acids is 1. The van der Waals surface area contributed by atoms with Crippen molar-refractivity contribution >= 4 is 33.4 Å². The summed E-state index contributed by atoms with van der Waals surface area (Å²) in [4.78, 5) is 17.3. The smallest absolute Gasteiger partial charge is 0.243 e. The van der Waals surface area contributed by atoms with Gasteiger partial charge in [-0.3, -0.25) is 9.89 Å². The number of amides is 1. The number of H-pyrrole nitrogens is 1. The number of hydrogen-bond donors (Lipinski definition) is 2. The third-order valence-electron chi connectivity index (χ3n) is 5.87. The standard InChI is InChI=1S/C24H29N5O3S2/c1-3-18-8-10-19(11-9-18)23-26-24(28-27-23)33-16-22(30)25-21-15-20(12-7-17(21)2)34(31,32)29-13-5-4-6-14-29/h7-12,15H,3-6,13-14,16H2,1-2H3,(H,25,30)(H,26,27,28). The average molecular weight is 500 g/mol. The number of benzene rings is 2. The lowest BCUT2D eigenvalue weighted by atomic mass is 10.1. The highest BCUT2D eigenvalue weighted by molar-refractivity contribution is 7.99. The Balaban J connectivity index is 1.38. The van der Waals surface area contributed by atoms with Crippen molar-refractivity contribution in [3.8, 4) is 11.4 Å². The fourth-order valence-corrected chi connectivity index (χ4v) is 5.95. The molecule has 2 heterocycles. The van der Waals surface area contributed by atoms with Gasteiger partial charge in [0.05, 0.1) is 10.6 Å². The average Bonchev–Trinajstić information content (AvgIpc) is 3.34. The number of nitrogens with one attached hydrogen (secondary N) is 2. The maximum Gasteiger partial charge on any atom is 0.243 e. The maximum atomic E-state index is 13.0. The molecule has 2 N–H and O–H groups in total. The van der Waals surface area contributed by atoms with E-state index in [2.05, 4.69) is 39.6 Å². The minimum absolute atomic E-state index is 0.106. The number of aromatic amines is 1. The van der Waals surface area contributed by atoms with Crippen molar-refractivity contribution in [2.45, 2.75) is 49.6 Å². The number of rotatable bonds is 8. The lowest BCUT2D eigenvalue weighted by molar-refractivity contribution is -0.113. The number of carbonyl (C=O) groups is 1. The molecule has 3 aromatic rings. The van der Waals surface area contributed by atoms with Crippen LogP contribution in [0.1, 0.15) is 37.3 Å². The molecule has 10 heteroatoms. The van der Waals surface area contributed by atoms with Crippen LogP contribution in [0.15, 0.2) is 52.5 Å². The molecule has 0 radical (unpaired) electrons. The predicted octanol–water partition coefficient (Wildman–Crippen LogP) is 4.25. The molecule has 0 aliphatic carbocycles. The first-order valence-electron chi connectivity index (χ1n) is 11.4. The number of thioether (sulfide) groups is 1. The summed E-state index contributed by atoms with van der Waals surface area (Å²) in [5, 5.41) is 10.4. The van der Waals surface area contributed by atoms with Crippen LogP contribution >= 0.6 is 11.8 Å². The molecular weight excluding hydrogens is 470 g/mol. The second-order valence-electron chi connectivity index (χ2n) is 8.30. The van der Waals surface area contributed by atoms with Crippen molar-refractivity contribution < 1.29 is 13.2 Å². The van der Waals surface area contributed by atoms with E-state index in [-0.39, 0.29) is 16.6 Å². The van der Waals surface area contributed by atoms with Crippen molar-refractivity contribution in [2.24, 2.45) is 0 Å². The number of sulfonamides is 1. The van der Waals surface area contributed by atoms with Crippen LogP contribution in [0.2, 0.25) is 0 Å².